The van der Waals surface area contributed by atoms with E-state index < -0.39 is 0 Å². The van der Waals surface area contributed by atoms with E-state index in [0.717, 1.165) is 24.5 Å². The Morgan fingerprint density at radius 3 is 2.44 bits per heavy atom. The van der Waals surface area contributed by atoms with E-state index in [9.17, 15) is 0 Å². The highest BCUT2D eigenvalue weighted by Gasteiger charge is 2.15. The highest BCUT2D eigenvalue weighted by atomic mass is 32.1. The summed E-state index contributed by atoms with van der Waals surface area (Å²) in [6.45, 7) is 11.9. The van der Waals surface area contributed by atoms with Gasteiger partial charge in [0, 0.05) is 30.6 Å². The maximum absolute atomic E-state index is 4.80. The van der Waals surface area contributed by atoms with Crippen molar-refractivity contribution in [1.82, 2.24) is 10.3 Å². The van der Waals surface area contributed by atoms with Crippen molar-refractivity contribution in [2.45, 2.75) is 66.1 Å². The Morgan fingerprint density at radius 2 is 1.94 bits per heavy atom. The van der Waals surface area contributed by atoms with Crippen molar-refractivity contribution < 1.29 is 0 Å². The Balaban J connectivity index is 2.86. The van der Waals surface area contributed by atoms with Gasteiger partial charge in [-0.1, -0.05) is 27.2 Å². The van der Waals surface area contributed by atoms with Crippen LogP contribution in [0.4, 0.5) is 5.13 Å². The Hall–Kier alpha value is -0.610. The SMILES string of the molecule is CCCc1nc(N(C)C(C)C)sc1CNC(C)C. The van der Waals surface area contributed by atoms with Crippen LogP contribution < -0.4 is 10.2 Å². The second-order valence-electron chi connectivity index (χ2n) is 5.36. The number of nitrogens with one attached hydrogen (secondary N) is 1. The van der Waals surface area contributed by atoms with E-state index in [2.05, 4.69) is 51.9 Å². The molecule has 1 aromatic heterocycles. The molecule has 18 heavy (non-hydrogen) atoms. The number of hydrogen-bond acceptors (Lipinski definition) is 4. The fraction of sp³-hybridized carbons (Fsp3) is 0.786. The highest BCUT2D eigenvalue weighted by molar-refractivity contribution is 7.15. The number of aromatic nitrogens is 1. The second kappa shape index (κ2) is 7.10. The number of aryl methyl sites for hydroxylation is 1. The van der Waals surface area contributed by atoms with Gasteiger partial charge in [-0.05, 0) is 20.3 Å². The first-order valence-electron chi connectivity index (χ1n) is 6.90. The Morgan fingerprint density at radius 1 is 1.28 bits per heavy atom. The molecule has 1 heterocycles. The number of hydrogen-bond donors (Lipinski definition) is 1. The number of rotatable bonds is 7. The van der Waals surface area contributed by atoms with Crippen LogP contribution in [0.2, 0.25) is 0 Å². The second-order valence-corrected chi connectivity index (χ2v) is 6.42. The first kappa shape index (κ1) is 15.4. The standard InChI is InChI=1S/C14H27N3S/c1-7-8-12-13(9-15-10(2)3)18-14(16-12)17(6)11(4)5/h10-11,15H,7-9H2,1-6H3. The van der Waals surface area contributed by atoms with Crippen molar-refractivity contribution in [3.63, 3.8) is 0 Å². The zero-order valence-corrected chi connectivity index (χ0v) is 13.4. The van der Waals surface area contributed by atoms with Gasteiger partial charge in [0.1, 0.15) is 0 Å². The molecule has 0 aromatic carbocycles. The molecule has 0 radical (unpaired) electrons. The summed E-state index contributed by atoms with van der Waals surface area (Å²) in [4.78, 5) is 8.45. The van der Waals surface area contributed by atoms with Crippen LogP contribution >= 0.6 is 11.3 Å². The molecule has 0 aliphatic carbocycles. The highest BCUT2D eigenvalue weighted by Crippen LogP contribution is 2.27. The van der Waals surface area contributed by atoms with Crippen molar-refractivity contribution in [3.05, 3.63) is 10.6 Å². The summed E-state index contributed by atoms with van der Waals surface area (Å²) < 4.78 is 0. The molecule has 1 aromatic rings. The molecule has 1 N–H and O–H groups in total. The minimum Gasteiger partial charge on any atom is -0.349 e. The van der Waals surface area contributed by atoms with E-state index in [0.29, 0.717) is 12.1 Å². The van der Waals surface area contributed by atoms with Crippen LogP contribution in [0.25, 0.3) is 0 Å². The average Bonchev–Trinajstić information content (AvgIpc) is 2.69. The van der Waals surface area contributed by atoms with E-state index in [1.165, 1.54) is 10.6 Å². The monoisotopic (exact) mass is 269 g/mol. The molecule has 0 saturated carbocycles. The third-order valence-electron chi connectivity index (χ3n) is 3.00. The van der Waals surface area contributed by atoms with Crippen LogP contribution in [-0.2, 0) is 13.0 Å². The van der Waals surface area contributed by atoms with E-state index >= 15 is 0 Å². The average molecular weight is 269 g/mol. The topological polar surface area (TPSA) is 28.2 Å². The Labute approximate surface area is 116 Å². The van der Waals surface area contributed by atoms with Crippen LogP contribution in [0.3, 0.4) is 0 Å². The van der Waals surface area contributed by atoms with Gasteiger partial charge < -0.3 is 10.2 Å². The molecule has 0 fully saturated rings. The fourth-order valence-electron chi connectivity index (χ4n) is 1.61. The van der Waals surface area contributed by atoms with Gasteiger partial charge in [0.05, 0.1) is 5.69 Å². The molecule has 0 atom stereocenters. The number of thiazole rings is 1. The van der Waals surface area contributed by atoms with E-state index in [-0.39, 0.29) is 0 Å². The third kappa shape index (κ3) is 4.25. The van der Waals surface area contributed by atoms with E-state index in [4.69, 9.17) is 4.98 Å². The van der Waals surface area contributed by atoms with Crippen molar-refractivity contribution >= 4 is 16.5 Å². The van der Waals surface area contributed by atoms with Gasteiger partial charge in [0.2, 0.25) is 0 Å². The zero-order valence-electron chi connectivity index (χ0n) is 12.6. The molecule has 4 heteroatoms. The van der Waals surface area contributed by atoms with Crippen molar-refractivity contribution in [1.29, 1.82) is 0 Å². The molecule has 0 spiro atoms. The first-order chi connectivity index (χ1) is 8.45. The first-order valence-corrected chi connectivity index (χ1v) is 7.72. The summed E-state index contributed by atoms with van der Waals surface area (Å²) in [5.74, 6) is 0. The van der Waals surface area contributed by atoms with E-state index in [1.54, 1.807) is 0 Å². The molecule has 0 unspecified atom stereocenters. The van der Waals surface area contributed by atoms with Gasteiger partial charge in [0.25, 0.3) is 0 Å². The molecule has 0 aliphatic rings. The minimum absolute atomic E-state index is 0.497. The summed E-state index contributed by atoms with van der Waals surface area (Å²) in [5, 5.41) is 4.64. The van der Waals surface area contributed by atoms with Crippen LogP contribution in [0.5, 0.6) is 0 Å². The molecule has 0 saturated heterocycles. The molecule has 0 bridgehead atoms. The lowest BCUT2D eigenvalue weighted by Crippen LogP contribution is -2.25. The molecular weight excluding hydrogens is 242 g/mol. The molecule has 0 amide bonds. The van der Waals surface area contributed by atoms with Crippen molar-refractivity contribution in [2.24, 2.45) is 0 Å². The lowest BCUT2D eigenvalue weighted by atomic mass is 10.2. The van der Waals surface area contributed by atoms with Gasteiger partial charge in [-0.25, -0.2) is 4.98 Å². The Kier molecular flexibility index (Phi) is 6.09. The summed E-state index contributed by atoms with van der Waals surface area (Å²) in [6.07, 6.45) is 2.24. The van der Waals surface area contributed by atoms with Gasteiger partial charge in [0.15, 0.2) is 5.13 Å². The van der Waals surface area contributed by atoms with Gasteiger partial charge in [-0.15, -0.1) is 11.3 Å². The van der Waals surface area contributed by atoms with Crippen LogP contribution in [-0.4, -0.2) is 24.1 Å². The van der Waals surface area contributed by atoms with E-state index in [1.807, 2.05) is 11.3 Å². The number of anilines is 1. The predicted octanol–water partition coefficient (Wildman–Crippen LogP) is 3.44. The largest absolute Gasteiger partial charge is 0.349 e. The molecular formula is C14H27N3S. The van der Waals surface area contributed by atoms with Gasteiger partial charge in [-0.3, -0.25) is 0 Å². The summed E-state index contributed by atoms with van der Waals surface area (Å²) in [5.41, 5.74) is 1.28. The Bertz CT molecular complexity index is 358. The predicted molar refractivity (Wildman–Crippen MR) is 81.6 cm³/mol. The van der Waals surface area contributed by atoms with Gasteiger partial charge >= 0.3 is 0 Å². The lowest BCUT2D eigenvalue weighted by molar-refractivity contribution is 0.589. The molecule has 104 valence electrons. The van der Waals surface area contributed by atoms with Crippen LogP contribution in [0, 0.1) is 0 Å². The van der Waals surface area contributed by atoms with Crippen molar-refractivity contribution in [3.8, 4) is 0 Å². The van der Waals surface area contributed by atoms with Gasteiger partial charge in [-0.2, -0.15) is 0 Å². The maximum atomic E-state index is 4.80. The number of nitrogens with zero attached hydrogens (tertiary/aromatic N) is 2. The lowest BCUT2D eigenvalue weighted by Gasteiger charge is -2.19. The quantitative estimate of drug-likeness (QED) is 0.822. The van der Waals surface area contributed by atoms with Crippen LogP contribution in [0.1, 0.15) is 51.6 Å². The molecule has 3 nitrogen and oxygen atoms in total. The molecule has 0 aliphatic heterocycles. The summed E-state index contributed by atoms with van der Waals surface area (Å²) >= 11 is 1.83. The minimum atomic E-state index is 0.497. The maximum Gasteiger partial charge on any atom is 0.185 e. The normalized spacial score (nSPS) is 11.6. The summed E-state index contributed by atoms with van der Waals surface area (Å²) in [7, 11) is 2.12. The zero-order chi connectivity index (χ0) is 13.7. The fourth-order valence-corrected chi connectivity index (χ4v) is 2.76. The van der Waals surface area contributed by atoms with Crippen molar-refractivity contribution in [2.75, 3.05) is 11.9 Å². The molecule has 1 rings (SSSR count). The summed E-state index contributed by atoms with van der Waals surface area (Å²) in [6, 6.07) is 1.02. The smallest absolute Gasteiger partial charge is 0.185 e. The van der Waals surface area contributed by atoms with Crippen LogP contribution in [0.15, 0.2) is 0 Å². The third-order valence-corrected chi connectivity index (χ3v) is 4.19.